The molecule has 1 aliphatic heterocycles. The van der Waals surface area contributed by atoms with Crippen LogP contribution in [0.3, 0.4) is 0 Å². The van der Waals surface area contributed by atoms with Crippen LogP contribution in [0.1, 0.15) is 60.9 Å². The fourth-order valence-corrected chi connectivity index (χ4v) is 6.17. The number of carbonyl (C=O) groups excluding carboxylic acids is 2. The molecule has 1 saturated heterocycles. The number of benzene rings is 2. The molecule has 8 heteroatoms. The molecule has 2 fully saturated rings. The van der Waals surface area contributed by atoms with E-state index in [0.29, 0.717) is 35.2 Å². The second-order valence-corrected chi connectivity index (χ2v) is 10.8. The molecule has 1 heterocycles. The predicted molar refractivity (Wildman–Crippen MR) is 128 cm³/mol. The van der Waals surface area contributed by atoms with Crippen LogP contribution in [-0.4, -0.2) is 55.6 Å². The van der Waals surface area contributed by atoms with Gasteiger partial charge in [-0.15, -0.1) is 0 Å². The Morgan fingerprint density at radius 1 is 0.909 bits per heavy atom. The van der Waals surface area contributed by atoms with Gasteiger partial charge >= 0.3 is 0 Å². The molecule has 33 heavy (non-hydrogen) atoms. The van der Waals surface area contributed by atoms with Crippen molar-refractivity contribution in [2.45, 2.75) is 49.8 Å². The summed E-state index contributed by atoms with van der Waals surface area (Å²) in [5.41, 5.74) is 2.26. The number of rotatable bonds is 5. The van der Waals surface area contributed by atoms with Gasteiger partial charge in [-0.25, -0.2) is 8.42 Å². The van der Waals surface area contributed by atoms with E-state index in [0.717, 1.165) is 0 Å². The average molecular weight is 470 g/mol. The van der Waals surface area contributed by atoms with Crippen molar-refractivity contribution in [3.8, 4) is 0 Å². The lowest BCUT2D eigenvalue weighted by Crippen LogP contribution is -2.50. The van der Waals surface area contributed by atoms with Gasteiger partial charge in [0.1, 0.15) is 0 Å². The Morgan fingerprint density at radius 2 is 1.58 bits per heavy atom. The van der Waals surface area contributed by atoms with Crippen molar-refractivity contribution in [1.82, 2.24) is 9.21 Å². The van der Waals surface area contributed by atoms with Crippen molar-refractivity contribution in [3.05, 3.63) is 59.7 Å². The summed E-state index contributed by atoms with van der Waals surface area (Å²) in [4.78, 5) is 26.1. The van der Waals surface area contributed by atoms with E-state index in [9.17, 15) is 18.0 Å². The van der Waals surface area contributed by atoms with E-state index in [1.165, 1.54) is 48.9 Å². The topological polar surface area (TPSA) is 86.8 Å². The van der Waals surface area contributed by atoms with E-state index in [2.05, 4.69) is 5.32 Å². The van der Waals surface area contributed by atoms with E-state index in [1.54, 1.807) is 41.3 Å². The highest BCUT2D eigenvalue weighted by Crippen LogP contribution is 2.33. The lowest BCUT2D eigenvalue weighted by Gasteiger charge is -2.34. The molecule has 0 spiro atoms. The number of carbonyl (C=O) groups is 2. The standard InChI is InChI=1S/C25H31N3O4S/c1-19(29)26-23-9-5-8-22(18-23)25(30)27-14-16-28(17-15-27)33(31,32)24-12-10-21(11-13-24)20-6-3-2-4-7-20/h5,8-13,18,20H,2-4,6-7,14-17H2,1H3,(H,26,29). The number of nitrogens with zero attached hydrogens (tertiary/aromatic N) is 2. The van der Waals surface area contributed by atoms with Crippen LogP contribution in [-0.2, 0) is 14.8 Å². The first kappa shape index (κ1) is 23.4. The van der Waals surface area contributed by atoms with Crippen LogP contribution in [0.25, 0.3) is 0 Å². The van der Waals surface area contributed by atoms with Gasteiger partial charge in [0.15, 0.2) is 0 Å². The van der Waals surface area contributed by atoms with Crippen LogP contribution in [0.15, 0.2) is 53.4 Å². The zero-order valence-electron chi connectivity index (χ0n) is 19.0. The van der Waals surface area contributed by atoms with E-state index in [4.69, 9.17) is 0 Å². The third kappa shape index (κ3) is 5.45. The number of sulfonamides is 1. The Morgan fingerprint density at radius 3 is 2.21 bits per heavy atom. The van der Waals surface area contributed by atoms with Gasteiger partial charge in [-0.1, -0.05) is 37.5 Å². The molecule has 0 bridgehead atoms. The molecule has 1 aliphatic carbocycles. The molecule has 176 valence electrons. The maximum Gasteiger partial charge on any atom is 0.254 e. The Balaban J connectivity index is 1.38. The molecular weight excluding hydrogens is 438 g/mol. The minimum atomic E-state index is -3.60. The Kier molecular flexibility index (Phi) is 7.14. The molecule has 4 rings (SSSR count). The van der Waals surface area contributed by atoms with E-state index < -0.39 is 10.0 Å². The number of hydrogen-bond donors (Lipinski definition) is 1. The molecule has 2 aromatic carbocycles. The van der Waals surface area contributed by atoms with Crippen LogP contribution in [0, 0.1) is 0 Å². The number of hydrogen-bond acceptors (Lipinski definition) is 4. The Bertz CT molecular complexity index is 1100. The molecule has 1 N–H and O–H groups in total. The van der Waals surface area contributed by atoms with Crippen LogP contribution in [0.5, 0.6) is 0 Å². The molecule has 0 atom stereocenters. The predicted octanol–water partition coefficient (Wildman–Crippen LogP) is 3.84. The summed E-state index contributed by atoms with van der Waals surface area (Å²) < 4.78 is 27.8. The first-order valence-corrected chi connectivity index (χ1v) is 13.1. The largest absolute Gasteiger partial charge is 0.336 e. The fourth-order valence-electron chi connectivity index (χ4n) is 4.74. The highest BCUT2D eigenvalue weighted by Gasteiger charge is 2.30. The van der Waals surface area contributed by atoms with Gasteiger partial charge in [0.05, 0.1) is 4.90 Å². The summed E-state index contributed by atoms with van der Waals surface area (Å²) in [5, 5.41) is 2.68. The lowest BCUT2D eigenvalue weighted by atomic mass is 9.84. The first-order chi connectivity index (χ1) is 15.8. The zero-order chi connectivity index (χ0) is 23.4. The van der Waals surface area contributed by atoms with Crippen molar-refractivity contribution in [3.63, 3.8) is 0 Å². The molecule has 2 amide bonds. The quantitative estimate of drug-likeness (QED) is 0.721. The van der Waals surface area contributed by atoms with Crippen LogP contribution in [0.4, 0.5) is 5.69 Å². The van der Waals surface area contributed by atoms with Gasteiger partial charge in [-0.2, -0.15) is 4.31 Å². The number of piperazine rings is 1. The molecule has 7 nitrogen and oxygen atoms in total. The lowest BCUT2D eigenvalue weighted by molar-refractivity contribution is -0.114. The van der Waals surface area contributed by atoms with Crippen molar-refractivity contribution < 1.29 is 18.0 Å². The molecule has 2 aromatic rings. The fraction of sp³-hybridized carbons (Fsp3) is 0.440. The van der Waals surface area contributed by atoms with Gasteiger partial charge in [-0.3, -0.25) is 9.59 Å². The van der Waals surface area contributed by atoms with Crippen LogP contribution < -0.4 is 5.32 Å². The number of nitrogens with one attached hydrogen (secondary N) is 1. The van der Waals surface area contributed by atoms with Crippen molar-refractivity contribution in [2.75, 3.05) is 31.5 Å². The number of anilines is 1. The smallest absolute Gasteiger partial charge is 0.254 e. The minimum absolute atomic E-state index is 0.170. The minimum Gasteiger partial charge on any atom is -0.336 e. The first-order valence-electron chi connectivity index (χ1n) is 11.6. The summed E-state index contributed by atoms with van der Waals surface area (Å²) in [6.45, 7) is 2.57. The summed E-state index contributed by atoms with van der Waals surface area (Å²) >= 11 is 0. The highest BCUT2D eigenvalue weighted by molar-refractivity contribution is 7.89. The second kappa shape index (κ2) is 10.1. The van der Waals surface area contributed by atoms with Crippen molar-refractivity contribution in [2.24, 2.45) is 0 Å². The molecule has 2 aliphatic rings. The number of amides is 2. The van der Waals surface area contributed by atoms with Crippen LogP contribution in [0.2, 0.25) is 0 Å². The summed E-state index contributed by atoms with van der Waals surface area (Å²) in [6.07, 6.45) is 6.13. The van der Waals surface area contributed by atoms with Gasteiger partial charge in [-0.05, 0) is 54.7 Å². The van der Waals surface area contributed by atoms with E-state index >= 15 is 0 Å². The normalized spacial score (nSPS) is 18.2. The Labute approximate surface area is 195 Å². The van der Waals surface area contributed by atoms with Gasteiger partial charge < -0.3 is 10.2 Å². The second-order valence-electron chi connectivity index (χ2n) is 8.86. The van der Waals surface area contributed by atoms with Gasteiger partial charge in [0.2, 0.25) is 15.9 Å². The monoisotopic (exact) mass is 469 g/mol. The Hall–Kier alpha value is -2.71. The highest BCUT2D eigenvalue weighted by atomic mass is 32.2. The molecule has 1 saturated carbocycles. The van der Waals surface area contributed by atoms with E-state index in [1.807, 2.05) is 12.1 Å². The summed E-state index contributed by atoms with van der Waals surface area (Å²) in [5.74, 6) is 0.162. The average Bonchev–Trinajstić information content (AvgIpc) is 2.84. The SMILES string of the molecule is CC(=O)Nc1cccc(C(=O)N2CCN(S(=O)(=O)c3ccc(C4CCCCC4)cc3)CC2)c1. The third-order valence-electron chi connectivity index (χ3n) is 6.55. The molecule has 0 radical (unpaired) electrons. The summed E-state index contributed by atoms with van der Waals surface area (Å²) in [7, 11) is -3.60. The third-order valence-corrected chi connectivity index (χ3v) is 8.46. The molecular formula is C25H31N3O4S. The summed E-state index contributed by atoms with van der Waals surface area (Å²) in [6, 6.07) is 14.2. The van der Waals surface area contributed by atoms with Gasteiger partial charge in [0.25, 0.3) is 5.91 Å². The van der Waals surface area contributed by atoms with Crippen molar-refractivity contribution in [1.29, 1.82) is 0 Å². The van der Waals surface area contributed by atoms with Crippen LogP contribution >= 0.6 is 0 Å². The maximum atomic E-state index is 13.2. The van der Waals surface area contributed by atoms with E-state index in [-0.39, 0.29) is 24.9 Å². The molecule has 0 aromatic heterocycles. The maximum absolute atomic E-state index is 13.2. The molecule has 0 unspecified atom stereocenters. The van der Waals surface area contributed by atoms with Crippen molar-refractivity contribution >= 4 is 27.5 Å². The van der Waals surface area contributed by atoms with Gasteiger partial charge in [0, 0.05) is 44.4 Å². The zero-order valence-corrected chi connectivity index (χ0v) is 19.8.